The van der Waals surface area contributed by atoms with Gasteiger partial charge in [-0.1, -0.05) is 19.8 Å². The van der Waals surface area contributed by atoms with Crippen molar-refractivity contribution in [3.63, 3.8) is 0 Å². The molecule has 100 valence electrons. The minimum Gasteiger partial charge on any atom is -0.385 e. The van der Waals surface area contributed by atoms with Crippen molar-refractivity contribution >= 4 is 17.3 Å². The maximum Gasteiger partial charge on any atom is 0.166 e. The van der Waals surface area contributed by atoms with E-state index in [0.29, 0.717) is 0 Å². The number of methoxy groups -OCH3 is 1. The van der Waals surface area contributed by atoms with Gasteiger partial charge in [0.05, 0.1) is 0 Å². The van der Waals surface area contributed by atoms with Gasteiger partial charge in [-0.25, -0.2) is 0 Å². The van der Waals surface area contributed by atoms with Crippen molar-refractivity contribution in [1.29, 1.82) is 0 Å². The van der Waals surface area contributed by atoms with Crippen molar-refractivity contribution in [2.24, 2.45) is 11.8 Å². The third kappa shape index (κ3) is 6.84. The van der Waals surface area contributed by atoms with Crippen molar-refractivity contribution < 1.29 is 4.74 Å². The van der Waals surface area contributed by atoms with Gasteiger partial charge in [-0.05, 0) is 43.3 Å². The zero-order valence-electron chi connectivity index (χ0n) is 11.1. The number of rotatable bonds is 6. The number of thiocarbonyl (C=S) groups is 1. The first-order chi connectivity index (χ1) is 8.22. The molecule has 17 heavy (non-hydrogen) atoms. The van der Waals surface area contributed by atoms with Crippen LogP contribution in [0.15, 0.2) is 0 Å². The molecule has 1 aliphatic rings. The highest BCUT2D eigenvalue weighted by atomic mass is 32.1. The molecule has 0 atom stereocenters. The average Bonchev–Trinajstić information content (AvgIpc) is 2.34. The Bertz CT molecular complexity index is 215. The number of hydrogen-bond donors (Lipinski definition) is 2. The molecule has 0 heterocycles. The lowest BCUT2D eigenvalue weighted by atomic mass is 9.83. The molecule has 1 aliphatic carbocycles. The standard InChI is InChI=1S/C13H26N2OS/c1-11-4-6-12(7-5-11)10-15-13(17)14-8-3-9-16-2/h11-12H,3-10H2,1-2H3,(H2,14,15,17). The van der Waals surface area contributed by atoms with Gasteiger partial charge in [0, 0.05) is 26.8 Å². The molecular weight excluding hydrogens is 232 g/mol. The van der Waals surface area contributed by atoms with Crippen molar-refractivity contribution in [1.82, 2.24) is 10.6 Å². The van der Waals surface area contributed by atoms with Gasteiger partial charge < -0.3 is 15.4 Å². The van der Waals surface area contributed by atoms with E-state index in [0.717, 1.165) is 43.1 Å². The molecule has 0 aromatic carbocycles. The number of nitrogens with one attached hydrogen (secondary N) is 2. The average molecular weight is 258 g/mol. The molecule has 1 saturated carbocycles. The van der Waals surface area contributed by atoms with Crippen molar-refractivity contribution in [2.45, 2.75) is 39.0 Å². The number of hydrogen-bond acceptors (Lipinski definition) is 2. The first kappa shape index (κ1) is 14.7. The van der Waals surface area contributed by atoms with Crippen LogP contribution in [0.1, 0.15) is 39.0 Å². The zero-order chi connectivity index (χ0) is 12.5. The molecule has 3 nitrogen and oxygen atoms in total. The van der Waals surface area contributed by atoms with Crippen LogP contribution < -0.4 is 10.6 Å². The zero-order valence-corrected chi connectivity index (χ0v) is 11.9. The van der Waals surface area contributed by atoms with Crippen molar-refractivity contribution in [3.05, 3.63) is 0 Å². The summed E-state index contributed by atoms with van der Waals surface area (Å²) in [5.41, 5.74) is 0. The van der Waals surface area contributed by atoms with E-state index in [1.165, 1.54) is 25.7 Å². The molecule has 1 rings (SSSR count). The highest BCUT2D eigenvalue weighted by Crippen LogP contribution is 2.27. The topological polar surface area (TPSA) is 33.3 Å². The summed E-state index contributed by atoms with van der Waals surface area (Å²) < 4.78 is 4.99. The van der Waals surface area contributed by atoms with Crippen LogP contribution in [0.5, 0.6) is 0 Å². The Labute approximate surface area is 111 Å². The summed E-state index contributed by atoms with van der Waals surface area (Å²) in [7, 11) is 1.72. The first-order valence-electron chi connectivity index (χ1n) is 6.73. The SMILES string of the molecule is COCCCNC(=S)NCC1CCC(C)CC1. The quantitative estimate of drug-likeness (QED) is 0.566. The lowest BCUT2D eigenvalue weighted by Gasteiger charge is -2.26. The first-order valence-corrected chi connectivity index (χ1v) is 7.13. The largest absolute Gasteiger partial charge is 0.385 e. The molecule has 0 radical (unpaired) electrons. The summed E-state index contributed by atoms with van der Waals surface area (Å²) >= 11 is 5.23. The van der Waals surface area contributed by atoms with E-state index in [2.05, 4.69) is 17.6 Å². The van der Waals surface area contributed by atoms with E-state index >= 15 is 0 Å². The second-order valence-corrected chi connectivity index (χ2v) is 5.52. The van der Waals surface area contributed by atoms with Crippen LogP contribution in [-0.2, 0) is 4.74 Å². The summed E-state index contributed by atoms with van der Waals surface area (Å²) in [6, 6.07) is 0. The minimum atomic E-state index is 0.788. The van der Waals surface area contributed by atoms with Gasteiger partial charge in [-0.2, -0.15) is 0 Å². The summed E-state index contributed by atoms with van der Waals surface area (Å²) in [5.74, 6) is 1.73. The third-order valence-corrected chi connectivity index (χ3v) is 3.79. The smallest absolute Gasteiger partial charge is 0.166 e. The molecule has 0 aliphatic heterocycles. The molecule has 0 amide bonds. The predicted octanol–water partition coefficient (Wildman–Crippen LogP) is 2.31. The van der Waals surface area contributed by atoms with Crippen LogP contribution in [0, 0.1) is 11.8 Å². The summed E-state index contributed by atoms with van der Waals surface area (Å²) in [4.78, 5) is 0. The normalized spacial score (nSPS) is 24.4. The number of ether oxygens (including phenoxy) is 1. The van der Waals surface area contributed by atoms with Gasteiger partial charge >= 0.3 is 0 Å². The molecule has 0 spiro atoms. The van der Waals surface area contributed by atoms with Crippen LogP contribution >= 0.6 is 12.2 Å². The predicted molar refractivity (Wildman–Crippen MR) is 76.2 cm³/mol. The Balaban J connectivity index is 1.99. The summed E-state index contributed by atoms with van der Waals surface area (Å²) in [6.45, 7) is 5.06. The molecule has 2 N–H and O–H groups in total. The fraction of sp³-hybridized carbons (Fsp3) is 0.923. The maximum absolute atomic E-state index is 5.23. The van der Waals surface area contributed by atoms with Gasteiger partial charge in [0.25, 0.3) is 0 Å². The Morgan fingerprint density at radius 3 is 2.59 bits per heavy atom. The van der Waals surface area contributed by atoms with Crippen LogP contribution in [0.25, 0.3) is 0 Å². The lowest BCUT2D eigenvalue weighted by molar-refractivity contribution is 0.195. The van der Waals surface area contributed by atoms with E-state index in [-0.39, 0.29) is 0 Å². The Morgan fingerprint density at radius 1 is 1.24 bits per heavy atom. The molecule has 0 bridgehead atoms. The van der Waals surface area contributed by atoms with Crippen LogP contribution in [-0.4, -0.2) is 31.9 Å². The molecule has 0 aromatic heterocycles. The van der Waals surface area contributed by atoms with Gasteiger partial charge in [-0.15, -0.1) is 0 Å². The van der Waals surface area contributed by atoms with Crippen molar-refractivity contribution in [2.75, 3.05) is 26.8 Å². The highest BCUT2D eigenvalue weighted by Gasteiger charge is 2.17. The van der Waals surface area contributed by atoms with Crippen molar-refractivity contribution in [3.8, 4) is 0 Å². The molecule has 1 fully saturated rings. The van der Waals surface area contributed by atoms with Crippen LogP contribution in [0.4, 0.5) is 0 Å². The molecule has 0 aromatic rings. The molecule has 4 heteroatoms. The van der Waals surface area contributed by atoms with E-state index in [9.17, 15) is 0 Å². The maximum atomic E-state index is 5.23. The van der Waals surface area contributed by atoms with E-state index in [1.807, 2.05) is 0 Å². The Kier molecular flexibility index (Phi) is 7.53. The lowest BCUT2D eigenvalue weighted by Crippen LogP contribution is -2.39. The third-order valence-electron chi connectivity index (χ3n) is 3.50. The summed E-state index contributed by atoms with van der Waals surface area (Å²) in [5, 5.41) is 7.32. The molecule has 0 saturated heterocycles. The van der Waals surface area contributed by atoms with Gasteiger partial charge in [0.2, 0.25) is 0 Å². The Morgan fingerprint density at radius 2 is 1.94 bits per heavy atom. The fourth-order valence-electron chi connectivity index (χ4n) is 2.25. The molecule has 0 unspecified atom stereocenters. The van der Waals surface area contributed by atoms with Gasteiger partial charge in [0.1, 0.15) is 0 Å². The Hall–Kier alpha value is -0.350. The fourth-order valence-corrected chi connectivity index (χ4v) is 2.44. The van der Waals surface area contributed by atoms with E-state index < -0.39 is 0 Å². The monoisotopic (exact) mass is 258 g/mol. The summed E-state index contributed by atoms with van der Waals surface area (Å²) in [6.07, 6.45) is 6.45. The second-order valence-electron chi connectivity index (χ2n) is 5.11. The van der Waals surface area contributed by atoms with Gasteiger partial charge in [0.15, 0.2) is 5.11 Å². The second kappa shape index (κ2) is 8.70. The van der Waals surface area contributed by atoms with Crippen LogP contribution in [0.2, 0.25) is 0 Å². The van der Waals surface area contributed by atoms with Gasteiger partial charge in [-0.3, -0.25) is 0 Å². The van der Waals surface area contributed by atoms with Crippen LogP contribution in [0.3, 0.4) is 0 Å². The molecular formula is C13H26N2OS. The van der Waals surface area contributed by atoms with E-state index in [1.54, 1.807) is 7.11 Å². The minimum absolute atomic E-state index is 0.788. The van der Waals surface area contributed by atoms with E-state index in [4.69, 9.17) is 17.0 Å². The highest BCUT2D eigenvalue weighted by molar-refractivity contribution is 7.80.